The molecule has 1 aromatic rings. The Balaban J connectivity index is 1.83. The summed E-state index contributed by atoms with van der Waals surface area (Å²) in [5.41, 5.74) is 7.40. The van der Waals surface area contributed by atoms with Crippen LogP contribution in [0.15, 0.2) is 24.3 Å². The first-order valence-corrected chi connectivity index (χ1v) is 6.81. The van der Waals surface area contributed by atoms with Gasteiger partial charge in [-0.1, -0.05) is 31.9 Å². The van der Waals surface area contributed by atoms with E-state index in [9.17, 15) is 4.79 Å². The molecule has 2 rings (SSSR count). The minimum Gasteiger partial charge on any atom is -0.399 e. The van der Waals surface area contributed by atoms with Crippen LogP contribution in [0, 0.1) is 5.92 Å². The number of carbonyl (C=O) groups excluding carboxylic acids is 1. The SMILES string of the molecule is CCC(CC1CC1)NC(=O)Cc1cccc(N)c1. The summed E-state index contributed by atoms with van der Waals surface area (Å²) in [6, 6.07) is 7.87. The van der Waals surface area contributed by atoms with Crippen molar-refractivity contribution in [3.63, 3.8) is 0 Å². The van der Waals surface area contributed by atoms with Gasteiger partial charge in [0.25, 0.3) is 0 Å². The van der Waals surface area contributed by atoms with Gasteiger partial charge in [0, 0.05) is 11.7 Å². The van der Waals surface area contributed by atoms with Gasteiger partial charge in [-0.05, 0) is 36.5 Å². The fraction of sp³-hybridized carbons (Fsp3) is 0.533. The van der Waals surface area contributed by atoms with Crippen LogP contribution in [-0.4, -0.2) is 11.9 Å². The van der Waals surface area contributed by atoms with Crippen LogP contribution in [0.4, 0.5) is 5.69 Å². The van der Waals surface area contributed by atoms with Gasteiger partial charge in [-0.25, -0.2) is 0 Å². The monoisotopic (exact) mass is 246 g/mol. The Morgan fingerprint density at radius 2 is 2.28 bits per heavy atom. The molecular formula is C15H22N2O. The van der Waals surface area contributed by atoms with Gasteiger partial charge in [0.05, 0.1) is 6.42 Å². The molecule has 0 spiro atoms. The summed E-state index contributed by atoms with van der Waals surface area (Å²) in [4.78, 5) is 11.9. The summed E-state index contributed by atoms with van der Waals surface area (Å²) in [7, 11) is 0. The second-order valence-electron chi connectivity index (χ2n) is 5.27. The molecular weight excluding hydrogens is 224 g/mol. The predicted molar refractivity (Wildman–Crippen MR) is 74.1 cm³/mol. The molecule has 98 valence electrons. The molecule has 1 aliphatic rings. The highest BCUT2D eigenvalue weighted by atomic mass is 16.1. The number of nitrogens with one attached hydrogen (secondary N) is 1. The van der Waals surface area contributed by atoms with E-state index in [0.29, 0.717) is 18.2 Å². The molecule has 3 nitrogen and oxygen atoms in total. The van der Waals surface area contributed by atoms with Crippen LogP contribution >= 0.6 is 0 Å². The smallest absolute Gasteiger partial charge is 0.224 e. The topological polar surface area (TPSA) is 55.1 Å². The summed E-state index contributed by atoms with van der Waals surface area (Å²) >= 11 is 0. The van der Waals surface area contributed by atoms with E-state index in [1.165, 1.54) is 12.8 Å². The van der Waals surface area contributed by atoms with E-state index in [4.69, 9.17) is 5.73 Å². The number of rotatable bonds is 6. The maximum Gasteiger partial charge on any atom is 0.224 e. The van der Waals surface area contributed by atoms with Gasteiger partial charge in [0.2, 0.25) is 5.91 Å². The first kappa shape index (κ1) is 12.9. The van der Waals surface area contributed by atoms with Crippen LogP contribution in [0.5, 0.6) is 0 Å². The van der Waals surface area contributed by atoms with E-state index in [1.54, 1.807) is 0 Å². The number of amides is 1. The molecule has 0 heterocycles. The van der Waals surface area contributed by atoms with Crippen molar-refractivity contribution in [3.8, 4) is 0 Å². The lowest BCUT2D eigenvalue weighted by atomic mass is 10.1. The third kappa shape index (κ3) is 4.06. The molecule has 1 unspecified atom stereocenters. The molecule has 3 N–H and O–H groups in total. The van der Waals surface area contributed by atoms with Gasteiger partial charge < -0.3 is 11.1 Å². The molecule has 0 radical (unpaired) electrons. The normalized spacial score (nSPS) is 16.3. The van der Waals surface area contributed by atoms with Gasteiger partial charge in [0.15, 0.2) is 0 Å². The van der Waals surface area contributed by atoms with Crippen molar-refractivity contribution in [2.75, 3.05) is 5.73 Å². The van der Waals surface area contributed by atoms with Crippen molar-refractivity contribution in [1.29, 1.82) is 0 Å². The summed E-state index contributed by atoms with van der Waals surface area (Å²) in [6.07, 6.45) is 5.24. The molecule has 1 amide bonds. The van der Waals surface area contributed by atoms with Crippen molar-refractivity contribution < 1.29 is 4.79 Å². The quantitative estimate of drug-likeness (QED) is 0.758. The minimum absolute atomic E-state index is 0.105. The Bertz CT molecular complexity index is 413. The highest BCUT2D eigenvalue weighted by molar-refractivity contribution is 5.79. The number of benzene rings is 1. The largest absolute Gasteiger partial charge is 0.399 e. The molecule has 1 atom stereocenters. The van der Waals surface area contributed by atoms with Crippen LogP contribution in [-0.2, 0) is 11.2 Å². The van der Waals surface area contributed by atoms with Gasteiger partial charge >= 0.3 is 0 Å². The average Bonchev–Trinajstić information content (AvgIpc) is 3.12. The fourth-order valence-electron chi connectivity index (χ4n) is 2.25. The summed E-state index contributed by atoms with van der Waals surface area (Å²) in [5, 5.41) is 3.13. The molecule has 1 aromatic carbocycles. The summed E-state index contributed by atoms with van der Waals surface area (Å²) in [5.74, 6) is 0.954. The Hall–Kier alpha value is -1.51. The van der Waals surface area contributed by atoms with Crippen LogP contribution in [0.2, 0.25) is 0 Å². The summed E-state index contributed by atoms with van der Waals surface area (Å²) in [6.45, 7) is 2.13. The molecule has 0 saturated heterocycles. The van der Waals surface area contributed by atoms with Crippen molar-refractivity contribution in [2.24, 2.45) is 5.92 Å². The van der Waals surface area contributed by atoms with Crippen molar-refractivity contribution in [3.05, 3.63) is 29.8 Å². The second kappa shape index (κ2) is 5.89. The summed E-state index contributed by atoms with van der Waals surface area (Å²) < 4.78 is 0. The molecule has 3 heteroatoms. The predicted octanol–water partition coefficient (Wildman–Crippen LogP) is 2.51. The van der Waals surface area contributed by atoms with E-state index in [0.717, 1.165) is 24.3 Å². The Morgan fingerprint density at radius 3 is 2.89 bits per heavy atom. The Labute approximate surface area is 109 Å². The Morgan fingerprint density at radius 1 is 1.50 bits per heavy atom. The first-order chi connectivity index (χ1) is 8.67. The third-order valence-corrected chi connectivity index (χ3v) is 3.49. The zero-order valence-electron chi connectivity index (χ0n) is 11.0. The van der Waals surface area contributed by atoms with Crippen LogP contribution < -0.4 is 11.1 Å². The standard InChI is InChI=1S/C15H22N2O/c1-2-14(9-11-6-7-11)17-15(18)10-12-4-3-5-13(16)8-12/h3-5,8,11,14H,2,6-7,9-10,16H2,1H3,(H,17,18). The lowest BCUT2D eigenvalue weighted by Crippen LogP contribution is -2.35. The minimum atomic E-state index is 0.105. The van der Waals surface area contributed by atoms with Crippen LogP contribution in [0.25, 0.3) is 0 Å². The third-order valence-electron chi connectivity index (χ3n) is 3.49. The molecule has 0 aromatic heterocycles. The van der Waals surface area contributed by atoms with Crippen molar-refractivity contribution in [2.45, 2.75) is 45.1 Å². The van der Waals surface area contributed by atoms with E-state index < -0.39 is 0 Å². The fourth-order valence-corrected chi connectivity index (χ4v) is 2.25. The first-order valence-electron chi connectivity index (χ1n) is 6.81. The molecule has 1 aliphatic carbocycles. The highest BCUT2D eigenvalue weighted by Crippen LogP contribution is 2.34. The van der Waals surface area contributed by atoms with Gasteiger partial charge in [-0.15, -0.1) is 0 Å². The highest BCUT2D eigenvalue weighted by Gasteiger charge is 2.25. The van der Waals surface area contributed by atoms with Gasteiger partial charge in [-0.2, -0.15) is 0 Å². The number of nitrogen functional groups attached to an aromatic ring is 1. The average molecular weight is 246 g/mol. The molecule has 1 fully saturated rings. The van der Waals surface area contributed by atoms with Crippen molar-refractivity contribution in [1.82, 2.24) is 5.32 Å². The molecule has 1 saturated carbocycles. The zero-order chi connectivity index (χ0) is 13.0. The number of nitrogens with two attached hydrogens (primary N) is 1. The lowest BCUT2D eigenvalue weighted by Gasteiger charge is -2.16. The molecule has 0 bridgehead atoms. The van der Waals surface area contributed by atoms with E-state index in [2.05, 4.69) is 12.2 Å². The lowest BCUT2D eigenvalue weighted by molar-refractivity contribution is -0.121. The van der Waals surface area contributed by atoms with Gasteiger partial charge in [-0.3, -0.25) is 4.79 Å². The molecule has 18 heavy (non-hydrogen) atoms. The van der Waals surface area contributed by atoms with E-state index >= 15 is 0 Å². The van der Waals surface area contributed by atoms with E-state index in [-0.39, 0.29) is 5.91 Å². The maximum atomic E-state index is 11.9. The van der Waals surface area contributed by atoms with Crippen molar-refractivity contribution >= 4 is 11.6 Å². The van der Waals surface area contributed by atoms with E-state index in [1.807, 2.05) is 24.3 Å². The zero-order valence-corrected chi connectivity index (χ0v) is 11.0. The number of carbonyl (C=O) groups is 1. The second-order valence-corrected chi connectivity index (χ2v) is 5.27. The molecule has 0 aliphatic heterocycles. The van der Waals surface area contributed by atoms with Crippen LogP contribution in [0.3, 0.4) is 0 Å². The Kier molecular flexibility index (Phi) is 4.24. The number of anilines is 1. The van der Waals surface area contributed by atoms with Crippen LogP contribution in [0.1, 0.15) is 38.2 Å². The maximum absolute atomic E-state index is 11.9. The number of hydrogen-bond acceptors (Lipinski definition) is 2. The van der Waals surface area contributed by atoms with Gasteiger partial charge in [0.1, 0.15) is 0 Å². The number of hydrogen-bond donors (Lipinski definition) is 2.